The summed E-state index contributed by atoms with van der Waals surface area (Å²) >= 11 is 0. The van der Waals surface area contributed by atoms with E-state index in [1.165, 1.54) is 18.2 Å². The molecule has 0 bridgehead atoms. The van der Waals surface area contributed by atoms with Crippen molar-refractivity contribution in [2.45, 2.75) is 46.0 Å². The molecule has 1 aromatic heterocycles. The van der Waals surface area contributed by atoms with Gasteiger partial charge in [-0.15, -0.1) is 0 Å². The van der Waals surface area contributed by atoms with Crippen molar-refractivity contribution < 1.29 is 23.9 Å². The molecule has 0 saturated carbocycles. The Hall–Kier alpha value is -3.42. The number of aromatic nitrogens is 1. The second-order valence-corrected chi connectivity index (χ2v) is 7.68. The highest BCUT2D eigenvalue weighted by atomic mass is 19.1. The van der Waals surface area contributed by atoms with Crippen molar-refractivity contribution in [3.63, 3.8) is 0 Å². The van der Waals surface area contributed by atoms with Crippen LogP contribution in [-0.2, 0) is 9.59 Å². The summed E-state index contributed by atoms with van der Waals surface area (Å²) < 4.78 is 13.7. The van der Waals surface area contributed by atoms with Crippen LogP contribution in [0.5, 0.6) is 0 Å². The van der Waals surface area contributed by atoms with Crippen LogP contribution in [0.15, 0.2) is 18.2 Å². The Balaban J connectivity index is 1.67. The Morgan fingerprint density at radius 1 is 1.16 bits per heavy atom. The Bertz CT molecular complexity index is 1060. The molecule has 8 heteroatoms. The number of rotatable bonds is 9. The molecule has 3 rings (SSSR count). The second kappa shape index (κ2) is 9.59. The van der Waals surface area contributed by atoms with Crippen LogP contribution in [0.1, 0.15) is 65.0 Å². The molecule has 2 heterocycles. The van der Waals surface area contributed by atoms with Gasteiger partial charge in [-0.1, -0.05) is 12.8 Å². The van der Waals surface area contributed by atoms with Gasteiger partial charge in [0.15, 0.2) is 0 Å². The van der Waals surface area contributed by atoms with E-state index in [9.17, 15) is 18.8 Å². The van der Waals surface area contributed by atoms with Crippen LogP contribution in [0, 0.1) is 19.7 Å². The zero-order valence-corrected chi connectivity index (χ0v) is 17.6. The number of carboxylic acids is 1. The number of carbonyl (C=O) groups is 3. The number of carbonyl (C=O) groups excluding carboxylic acids is 2. The average Bonchev–Trinajstić information content (AvgIpc) is 3.16. The first-order valence-electron chi connectivity index (χ1n) is 10.3. The summed E-state index contributed by atoms with van der Waals surface area (Å²) in [5.74, 6) is -1.74. The molecule has 0 aliphatic carbocycles. The highest BCUT2D eigenvalue weighted by Crippen LogP contribution is 2.34. The van der Waals surface area contributed by atoms with Crippen LogP contribution >= 0.6 is 0 Å². The standard InChI is InChI=1S/C23H26FN3O4/c1-13-19(12-17-16-11-15(24)8-9-18(16)27-22(17)30)26-14(2)21(13)23(31)25-10-6-4-3-5-7-20(28)29/h8-9,11-12,26H,3-7,10H2,1-2H3,(H,25,31)(H,27,30)(H,28,29)/b17-12-. The molecule has 164 valence electrons. The van der Waals surface area contributed by atoms with E-state index in [0.29, 0.717) is 52.3 Å². The molecule has 0 radical (unpaired) electrons. The maximum absolute atomic E-state index is 13.7. The van der Waals surface area contributed by atoms with Gasteiger partial charge in [-0.3, -0.25) is 14.4 Å². The Morgan fingerprint density at radius 3 is 2.65 bits per heavy atom. The van der Waals surface area contributed by atoms with Gasteiger partial charge in [0.1, 0.15) is 5.82 Å². The largest absolute Gasteiger partial charge is 0.481 e. The average molecular weight is 427 g/mol. The number of aliphatic carboxylic acids is 1. The zero-order valence-electron chi connectivity index (χ0n) is 17.6. The Labute approximate surface area is 179 Å². The number of carboxylic acid groups (broad SMARTS) is 1. The van der Waals surface area contributed by atoms with E-state index < -0.39 is 11.8 Å². The fourth-order valence-electron chi connectivity index (χ4n) is 3.75. The van der Waals surface area contributed by atoms with Crippen molar-refractivity contribution in [2.24, 2.45) is 0 Å². The van der Waals surface area contributed by atoms with Crippen molar-refractivity contribution in [3.8, 4) is 0 Å². The van der Waals surface area contributed by atoms with Crippen LogP contribution < -0.4 is 10.6 Å². The predicted molar refractivity (Wildman–Crippen MR) is 116 cm³/mol. The number of fused-ring (bicyclic) bond motifs is 1. The number of aryl methyl sites for hydroxylation is 1. The number of aromatic amines is 1. The lowest BCUT2D eigenvalue weighted by atomic mass is 10.0. The van der Waals surface area contributed by atoms with Crippen molar-refractivity contribution in [1.82, 2.24) is 10.3 Å². The van der Waals surface area contributed by atoms with Crippen LogP contribution in [0.3, 0.4) is 0 Å². The first-order chi connectivity index (χ1) is 14.8. The van der Waals surface area contributed by atoms with Crippen LogP contribution in [0.4, 0.5) is 10.1 Å². The SMILES string of the molecule is Cc1[nH]c(/C=C2\C(=O)Nc3ccc(F)cc32)c(C)c1C(=O)NCCCCCCC(=O)O. The molecule has 7 nitrogen and oxygen atoms in total. The van der Waals surface area contributed by atoms with Crippen LogP contribution in [0.2, 0.25) is 0 Å². The smallest absolute Gasteiger partial charge is 0.303 e. The minimum Gasteiger partial charge on any atom is -0.481 e. The Kier molecular flexibility index (Phi) is 6.89. The molecule has 31 heavy (non-hydrogen) atoms. The topological polar surface area (TPSA) is 111 Å². The number of benzene rings is 1. The van der Waals surface area contributed by atoms with Crippen molar-refractivity contribution in [3.05, 3.63) is 52.1 Å². The van der Waals surface area contributed by atoms with E-state index in [2.05, 4.69) is 15.6 Å². The van der Waals surface area contributed by atoms with Gasteiger partial charge in [-0.25, -0.2) is 4.39 Å². The molecule has 2 aromatic rings. The van der Waals surface area contributed by atoms with E-state index in [-0.39, 0.29) is 18.2 Å². The summed E-state index contributed by atoms with van der Waals surface area (Å²) in [4.78, 5) is 38.7. The summed E-state index contributed by atoms with van der Waals surface area (Å²) in [5.41, 5.74) is 3.93. The molecule has 2 amide bonds. The van der Waals surface area contributed by atoms with E-state index in [4.69, 9.17) is 5.11 Å². The van der Waals surface area contributed by atoms with Crippen molar-refractivity contribution in [1.29, 1.82) is 0 Å². The van der Waals surface area contributed by atoms with Gasteiger partial charge in [0.25, 0.3) is 11.8 Å². The third-order valence-electron chi connectivity index (χ3n) is 5.36. The first kappa shape index (κ1) is 22.3. The lowest BCUT2D eigenvalue weighted by Crippen LogP contribution is -2.25. The third-order valence-corrected chi connectivity index (χ3v) is 5.36. The highest BCUT2D eigenvalue weighted by molar-refractivity contribution is 6.34. The van der Waals surface area contributed by atoms with Gasteiger partial charge in [0.05, 0.1) is 11.1 Å². The predicted octanol–water partition coefficient (Wildman–Crippen LogP) is 4.03. The fourth-order valence-corrected chi connectivity index (χ4v) is 3.75. The number of hydrogen-bond donors (Lipinski definition) is 4. The molecule has 0 unspecified atom stereocenters. The highest BCUT2D eigenvalue weighted by Gasteiger charge is 2.26. The first-order valence-corrected chi connectivity index (χ1v) is 10.3. The summed E-state index contributed by atoms with van der Waals surface area (Å²) in [7, 11) is 0. The number of anilines is 1. The quantitative estimate of drug-likeness (QED) is 0.358. The minimum absolute atomic E-state index is 0.168. The molecule has 4 N–H and O–H groups in total. The Morgan fingerprint density at radius 2 is 1.90 bits per heavy atom. The fraction of sp³-hybridized carbons (Fsp3) is 0.348. The van der Waals surface area contributed by atoms with Gasteiger partial charge in [0.2, 0.25) is 0 Å². The molecule has 0 fully saturated rings. The van der Waals surface area contributed by atoms with Gasteiger partial charge in [0, 0.05) is 35.6 Å². The number of unbranched alkanes of at least 4 members (excludes halogenated alkanes) is 3. The van der Waals surface area contributed by atoms with Crippen LogP contribution in [-0.4, -0.2) is 34.4 Å². The summed E-state index contributed by atoms with van der Waals surface area (Å²) in [6.45, 7) is 4.09. The van der Waals surface area contributed by atoms with Crippen molar-refractivity contribution in [2.75, 3.05) is 11.9 Å². The van der Waals surface area contributed by atoms with E-state index in [0.717, 1.165) is 19.3 Å². The third kappa shape index (κ3) is 5.20. The maximum Gasteiger partial charge on any atom is 0.303 e. The second-order valence-electron chi connectivity index (χ2n) is 7.68. The summed E-state index contributed by atoms with van der Waals surface area (Å²) in [6.07, 6.45) is 4.88. The maximum atomic E-state index is 13.7. The van der Waals surface area contributed by atoms with Crippen molar-refractivity contribution >= 4 is 35.1 Å². The summed E-state index contributed by atoms with van der Waals surface area (Å²) in [5, 5.41) is 14.2. The monoisotopic (exact) mass is 427 g/mol. The molecule has 0 atom stereocenters. The number of hydrogen-bond acceptors (Lipinski definition) is 3. The van der Waals surface area contributed by atoms with Gasteiger partial charge in [-0.05, 0) is 56.5 Å². The molecule has 0 spiro atoms. The van der Waals surface area contributed by atoms with E-state index >= 15 is 0 Å². The number of nitrogens with one attached hydrogen (secondary N) is 3. The van der Waals surface area contributed by atoms with Gasteiger partial charge < -0.3 is 20.7 Å². The van der Waals surface area contributed by atoms with Crippen LogP contribution in [0.25, 0.3) is 11.6 Å². The molecular formula is C23H26FN3O4. The molecule has 1 aliphatic rings. The molecule has 0 saturated heterocycles. The minimum atomic E-state index is -0.791. The zero-order chi connectivity index (χ0) is 22.5. The van der Waals surface area contributed by atoms with Gasteiger partial charge >= 0.3 is 5.97 Å². The molecular weight excluding hydrogens is 401 g/mol. The number of halogens is 1. The molecule has 1 aliphatic heterocycles. The lowest BCUT2D eigenvalue weighted by Gasteiger charge is -2.06. The van der Waals surface area contributed by atoms with E-state index in [1.807, 2.05) is 0 Å². The summed E-state index contributed by atoms with van der Waals surface area (Å²) in [6, 6.07) is 4.13. The van der Waals surface area contributed by atoms with Gasteiger partial charge in [-0.2, -0.15) is 0 Å². The molecule has 1 aromatic carbocycles. The normalized spacial score (nSPS) is 13.9. The van der Waals surface area contributed by atoms with E-state index in [1.54, 1.807) is 19.9 Å². The lowest BCUT2D eigenvalue weighted by molar-refractivity contribution is -0.137. The number of H-pyrrole nitrogens is 1. The number of amides is 2.